The van der Waals surface area contributed by atoms with Crippen LogP contribution in [0.3, 0.4) is 0 Å². The normalized spacial score (nSPS) is 15.2. The van der Waals surface area contributed by atoms with Crippen LogP contribution in [0.2, 0.25) is 0 Å². The molecule has 10 heteroatoms. The highest BCUT2D eigenvalue weighted by Gasteiger charge is 2.34. The van der Waals surface area contributed by atoms with E-state index in [1.165, 1.54) is 0 Å². The quantitative estimate of drug-likeness (QED) is 0.194. The Morgan fingerprint density at radius 2 is 1.61 bits per heavy atom. The van der Waals surface area contributed by atoms with E-state index in [1.807, 2.05) is 36.4 Å². The van der Waals surface area contributed by atoms with E-state index in [0.29, 0.717) is 17.5 Å². The lowest BCUT2D eigenvalue weighted by atomic mass is 10.0. The molecule has 3 aromatic rings. The first-order valence-corrected chi connectivity index (χ1v) is 13.8. The Balaban J connectivity index is 1.93. The van der Waals surface area contributed by atoms with Gasteiger partial charge in [0.05, 0.1) is 12.9 Å². The zero-order chi connectivity index (χ0) is 27.7. The molecule has 0 bridgehead atoms. The maximum absolute atomic E-state index is 13.6. The van der Waals surface area contributed by atoms with Crippen molar-refractivity contribution < 1.29 is 33.1 Å². The molecule has 0 heterocycles. The number of nitrogens with one attached hydrogen (secondary N) is 2. The average Bonchev–Trinajstić information content (AvgIpc) is 2.90. The van der Waals surface area contributed by atoms with Crippen molar-refractivity contribution >= 4 is 36.7 Å². The van der Waals surface area contributed by atoms with Gasteiger partial charge in [0.1, 0.15) is 6.04 Å². The standard InChI is InChI=1S/C28H33N2O7P/c1-19(2)26(29-18-31)27(32)30-25(17-21-13-14-22-11-7-8-12-23(22)15-21)38(34,35)37-24(28(33)36-3)16-20-9-5-4-6-10-20/h4-15,18-19,24-26H,16-17H2,1-3H3,(H,29,31)(H,30,32)(H,34,35)/p-1/t24-,25+,26-/m0/s1. The highest BCUT2D eigenvalue weighted by molar-refractivity contribution is 7.52. The van der Waals surface area contributed by atoms with Gasteiger partial charge in [-0.1, -0.05) is 86.6 Å². The van der Waals surface area contributed by atoms with Gasteiger partial charge in [-0.15, -0.1) is 0 Å². The molecule has 4 atom stereocenters. The fraction of sp³-hybridized carbons (Fsp3) is 0.321. The van der Waals surface area contributed by atoms with Crippen molar-refractivity contribution in [3.05, 3.63) is 83.9 Å². The molecule has 1 unspecified atom stereocenters. The molecule has 0 fully saturated rings. The fourth-order valence-electron chi connectivity index (χ4n) is 4.10. The van der Waals surface area contributed by atoms with Crippen LogP contribution in [0.25, 0.3) is 10.8 Å². The summed E-state index contributed by atoms with van der Waals surface area (Å²) in [5.74, 6) is -3.37. The number of amides is 2. The van der Waals surface area contributed by atoms with E-state index in [4.69, 9.17) is 9.26 Å². The number of rotatable bonds is 13. The molecule has 3 aromatic carbocycles. The summed E-state index contributed by atoms with van der Waals surface area (Å²) in [7, 11) is -3.79. The minimum absolute atomic E-state index is 0.0439. The summed E-state index contributed by atoms with van der Waals surface area (Å²) in [6, 6.07) is 20.9. The maximum atomic E-state index is 13.6. The number of methoxy groups -OCH3 is 1. The van der Waals surface area contributed by atoms with E-state index in [0.717, 1.165) is 17.9 Å². The predicted octanol–water partition coefficient (Wildman–Crippen LogP) is 2.95. The minimum atomic E-state index is -4.93. The van der Waals surface area contributed by atoms with Gasteiger partial charge < -0.3 is 29.4 Å². The number of esters is 1. The third-order valence-electron chi connectivity index (χ3n) is 6.13. The van der Waals surface area contributed by atoms with Gasteiger partial charge in [-0.25, -0.2) is 4.79 Å². The van der Waals surface area contributed by atoms with E-state index in [1.54, 1.807) is 50.2 Å². The van der Waals surface area contributed by atoms with Crippen molar-refractivity contribution in [2.24, 2.45) is 5.92 Å². The van der Waals surface area contributed by atoms with Crippen molar-refractivity contribution in [3.63, 3.8) is 0 Å². The SMILES string of the molecule is COC(=O)[C@H](Cc1ccccc1)OP(=O)([O-])[C@H](Cc1ccc2ccccc2c1)NC(=O)[C@@H](NC=O)C(C)C. The van der Waals surface area contributed by atoms with E-state index >= 15 is 0 Å². The summed E-state index contributed by atoms with van der Waals surface area (Å²) in [5.41, 5.74) is 1.31. The highest BCUT2D eigenvalue weighted by atomic mass is 31.2. The Bertz CT molecular complexity index is 1300. The first kappa shape index (κ1) is 29.0. The van der Waals surface area contributed by atoms with Crippen LogP contribution in [-0.4, -0.2) is 43.3 Å². The topological polar surface area (TPSA) is 134 Å². The molecular weight excluding hydrogens is 507 g/mol. The van der Waals surface area contributed by atoms with Crippen LogP contribution < -0.4 is 15.5 Å². The summed E-state index contributed by atoms with van der Waals surface area (Å²) < 4.78 is 23.8. The molecule has 0 aliphatic heterocycles. The van der Waals surface area contributed by atoms with Gasteiger partial charge in [0.2, 0.25) is 12.3 Å². The zero-order valence-corrected chi connectivity index (χ0v) is 22.4. The van der Waals surface area contributed by atoms with Crippen molar-refractivity contribution in [1.82, 2.24) is 10.6 Å². The molecule has 0 spiro atoms. The Hall–Kier alpha value is -3.52. The van der Waals surface area contributed by atoms with E-state index < -0.39 is 37.4 Å². The number of ether oxygens (including phenoxy) is 1. The molecule has 0 aliphatic rings. The van der Waals surface area contributed by atoms with Crippen LogP contribution in [0, 0.1) is 5.92 Å². The summed E-state index contributed by atoms with van der Waals surface area (Å²) in [6.45, 7) is 3.44. The number of fused-ring (bicyclic) bond motifs is 1. The molecular formula is C28H32N2O7P-. The van der Waals surface area contributed by atoms with E-state index in [2.05, 4.69) is 10.6 Å². The lowest BCUT2D eigenvalue weighted by molar-refractivity contribution is -0.208. The van der Waals surface area contributed by atoms with Crippen molar-refractivity contribution in [1.29, 1.82) is 0 Å². The molecule has 0 radical (unpaired) electrons. The zero-order valence-electron chi connectivity index (χ0n) is 21.5. The highest BCUT2D eigenvalue weighted by Crippen LogP contribution is 2.45. The molecule has 202 valence electrons. The van der Waals surface area contributed by atoms with Gasteiger partial charge in [0, 0.05) is 12.8 Å². The molecule has 2 N–H and O–H groups in total. The van der Waals surface area contributed by atoms with Crippen LogP contribution in [0.15, 0.2) is 72.8 Å². The molecule has 38 heavy (non-hydrogen) atoms. The van der Waals surface area contributed by atoms with Crippen LogP contribution in [0.1, 0.15) is 25.0 Å². The number of carbonyl (C=O) groups excluding carboxylic acids is 3. The number of carbonyl (C=O) groups is 3. The van der Waals surface area contributed by atoms with Crippen molar-refractivity contribution in [3.8, 4) is 0 Å². The Labute approximate surface area is 222 Å². The molecule has 2 amide bonds. The summed E-state index contributed by atoms with van der Waals surface area (Å²) in [5, 5.41) is 6.83. The number of hydrogen-bond acceptors (Lipinski definition) is 7. The first-order valence-electron chi connectivity index (χ1n) is 12.2. The van der Waals surface area contributed by atoms with Gasteiger partial charge >= 0.3 is 5.97 Å². The largest absolute Gasteiger partial charge is 0.777 e. The molecule has 9 nitrogen and oxygen atoms in total. The average molecular weight is 540 g/mol. The lowest BCUT2D eigenvalue weighted by Gasteiger charge is -2.36. The van der Waals surface area contributed by atoms with Gasteiger partial charge in [0.15, 0.2) is 13.7 Å². The Kier molecular flexibility index (Phi) is 10.2. The first-order chi connectivity index (χ1) is 18.1. The van der Waals surface area contributed by atoms with Crippen LogP contribution in [-0.2, 0) is 41.1 Å². The van der Waals surface area contributed by atoms with Gasteiger partial charge in [-0.3, -0.25) is 9.59 Å². The summed E-state index contributed by atoms with van der Waals surface area (Å²) in [4.78, 5) is 50.2. The van der Waals surface area contributed by atoms with Crippen LogP contribution >= 0.6 is 7.60 Å². The monoisotopic (exact) mass is 539 g/mol. The summed E-state index contributed by atoms with van der Waals surface area (Å²) >= 11 is 0. The third-order valence-corrected chi connectivity index (χ3v) is 7.76. The van der Waals surface area contributed by atoms with Gasteiger partial charge in [0.25, 0.3) is 0 Å². The minimum Gasteiger partial charge on any atom is -0.777 e. The maximum Gasteiger partial charge on any atom is 0.335 e. The Morgan fingerprint density at radius 1 is 0.947 bits per heavy atom. The van der Waals surface area contributed by atoms with Crippen LogP contribution in [0.5, 0.6) is 0 Å². The Morgan fingerprint density at radius 3 is 2.24 bits per heavy atom. The number of hydrogen-bond donors (Lipinski definition) is 2. The fourth-order valence-corrected chi connectivity index (χ4v) is 5.49. The predicted molar refractivity (Wildman–Crippen MR) is 142 cm³/mol. The smallest absolute Gasteiger partial charge is 0.335 e. The third kappa shape index (κ3) is 7.74. The van der Waals surface area contributed by atoms with Gasteiger partial charge in [-0.2, -0.15) is 0 Å². The van der Waals surface area contributed by atoms with Crippen molar-refractivity contribution in [2.75, 3.05) is 7.11 Å². The summed E-state index contributed by atoms with van der Waals surface area (Å²) in [6.07, 6.45) is -1.22. The van der Waals surface area contributed by atoms with E-state index in [9.17, 15) is 23.8 Å². The second-order valence-electron chi connectivity index (χ2n) is 9.26. The van der Waals surface area contributed by atoms with Crippen LogP contribution in [0.4, 0.5) is 0 Å². The molecule has 3 rings (SSSR count). The second kappa shape index (κ2) is 13.3. The molecule has 0 aliphatic carbocycles. The van der Waals surface area contributed by atoms with Crippen molar-refractivity contribution in [2.45, 2.75) is 44.6 Å². The molecule has 0 aromatic heterocycles. The molecule has 0 saturated heterocycles. The molecule has 0 saturated carbocycles. The number of benzene rings is 3. The second-order valence-corrected chi connectivity index (χ2v) is 11.2. The van der Waals surface area contributed by atoms with E-state index in [-0.39, 0.29) is 18.8 Å². The van der Waals surface area contributed by atoms with Gasteiger partial charge in [-0.05, 0) is 27.8 Å². The lowest BCUT2D eigenvalue weighted by Crippen LogP contribution is -2.51.